The van der Waals surface area contributed by atoms with Crippen LogP contribution >= 0.6 is 24.8 Å². The van der Waals surface area contributed by atoms with Crippen molar-refractivity contribution in [3.63, 3.8) is 0 Å². The Morgan fingerprint density at radius 3 is 2.19 bits per heavy atom. The van der Waals surface area contributed by atoms with Gasteiger partial charge in [-0.15, -0.1) is 24.8 Å². The minimum atomic E-state index is -0.351. The monoisotopic (exact) mass is 397 g/mol. The Morgan fingerprint density at radius 2 is 1.54 bits per heavy atom. The summed E-state index contributed by atoms with van der Waals surface area (Å²) in [5.74, 6) is -0.351. The summed E-state index contributed by atoms with van der Waals surface area (Å²) in [5, 5.41) is 0. The number of anilines is 2. The van der Waals surface area contributed by atoms with Crippen LogP contribution in [0.2, 0.25) is 0 Å². The number of nitrogen functional groups attached to an aromatic ring is 1. The zero-order valence-corrected chi connectivity index (χ0v) is 16.2. The summed E-state index contributed by atoms with van der Waals surface area (Å²) in [6.45, 7) is 5.06. The van der Waals surface area contributed by atoms with E-state index in [1.54, 1.807) is 24.3 Å². The van der Waals surface area contributed by atoms with Crippen LogP contribution in [0.25, 0.3) is 0 Å². The fraction of sp³-hybridized carbons (Fsp3) is 0.316. The number of hydrogen-bond acceptors (Lipinski definition) is 5. The zero-order valence-electron chi connectivity index (χ0n) is 14.5. The van der Waals surface area contributed by atoms with E-state index in [1.807, 2.05) is 6.07 Å². The molecule has 0 spiro atoms. The second-order valence-electron chi connectivity index (χ2n) is 5.89. The van der Waals surface area contributed by atoms with Crippen LogP contribution in [0.15, 0.2) is 54.6 Å². The molecule has 1 aliphatic rings. The molecule has 2 aromatic rings. The van der Waals surface area contributed by atoms with Crippen LogP contribution in [0.3, 0.4) is 0 Å². The van der Waals surface area contributed by atoms with Gasteiger partial charge in [-0.05, 0) is 24.3 Å². The first-order valence-corrected chi connectivity index (χ1v) is 8.28. The van der Waals surface area contributed by atoms with Crippen molar-refractivity contribution in [2.45, 2.75) is 0 Å². The molecule has 0 aromatic heterocycles. The van der Waals surface area contributed by atoms with Crippen LogP contribution in [-0.2, 0) is 4.74 Å². The van der Waals surface area contributed by atoms with Crippen LogP contribution in [0, 0.1) is 0 Å². The zero-order chi connectivity index (χ0) is 16.8. The Morgan fingerprint density at radius 1 is 0.923 bits per heavy atom. The molecular formula is C19H25Cl2N3O2. The third-order valence-electron chi connectivity index (χ3n) is 4.32. The van der Waals surface area contributed by atoms with E-state index in [4.69, 9.17) is 10.5 Å². The summed E-state index contributed by atoms with van der Waals surface area (Å²) in [7, 11) is 0. The summed E-state index contributed by atoms with van der Waals surface area (Å²) in [6.07, 6.45) is 0. The molecule has 142 valence electrons. The van der Waals surface area contributed by atoms with Crippen LogP contribution in [0.5, 0.6) is 0 Å². The maximum Gasteiger partial charge on any atom is 0.340 e. The highest BCUT2D eigenvalue weighted by Gasteiger charge is 2.17. The van der Waals surface area contributed by atoms with Gasteiger partial charge in [0.25, 0.3) is 0 Å². The number of carbonyl (C=O) groups is 1. The van der Waals surface area contributed by atoms with Gasteiger partial charge in [0.1, 0.15) is 6.61 Å². The van der Waals surface area contributed by atoms with Crippen molar-refractivity contribution in [2.24, 2.45) is 0 Å². The van der Waals surface area contributed by atoms with Gasteiger partial charge in [-0.3, -0.25) is 4.90 Å². The normalized spacial score (nSPS) is 14.1. The number of ether oxygens (including phenoxy) is 1. The molecule has 2 N–H and O–H groups in total. The molecule has 0 bridgehead atoms. The molecule has 3 rings (SSSR count). The molecule has 1 heterocycles. The van der Waals surface area contributed by atoms with Crippen molar-refractivity contribution in [2.75, 3.05) is 50.0 Å². The molecule has 0 saturated carbocycles. The van der Waals surface area contributed by atoms with E-state index in [2.05, 4.69) is 34.1 Å². The predicted molar refractivity (Wildman–Crippen MR) is 111 cm³/mol. The highest BCUT2D eigenvalue weighted by molar-refractivity contribution is 5.94. The summed E-state index contributed by atoms with van der Waals surface area (Å²) in [6, 6.07) is 17.4. The van der Waals surface area contributed by atoms with E-state index < -0.39 is 0 Å². The van der Waals surface area contributed by atoms with Crippen molar-refractivity contribution >= 4 is 42.2 Å². The summed E-state index contributed by atoms with van der Waals surface area (Å²) in [4.78, 5) is 16.7. The number of esters is 1. The Balaban J connectivity index is 0.00000169. The summed E-state index contributed by atoms with van der Waals surface area (Å²) >= 11 is 0. The van der Waals surface area contributed by atoms with Gasteiger partial charge >= 0.3 is 5.97 Å². The average Bonchev–Trinajstić information content (AvgIpc) is 2.63. The van der Waals surface area contributed by atoms with Gasteiger partial charge in [0.2, 0.25) is 0 Å². The first kappa shape index (κ1) is 22.1. The molecule has 7 heteroatoms. The SMILES string of the molecule is Cl.Cl.Nc1ccccc1C(=O)OCCN1CCN(c2ccccc2)CC1. The van der Waals surface area contributed by atoms with Crippen molar-refractivity contribution in [3.8, 4) is 0 Å². The fourth-order valence-electron chi connectivity index (χ4n) is 2.90. The van der Waals surface area contributed by atoms with Gasteiger partial charge in [0.15, 0.2) is 0 Å². The molecule has 1 saturated heterocycles. The molecule has 0 unspecified atom stereocenters. The topological polar surface area (TPSA) is 58.8 Å². The highest BCUT2D eigenvalue weighted by Crippen LogP contribution is 2.15. The van der Waals surface area contributed by atoms with Crippen molar-refractivity contribution < 1.29 is 9.53 Å². The number of rotatable bonds is 5. The second-order valence-corrected chi connectivity index (χ2v) is 5.89. The van der Waals surface area contributed by atoms with Gasteiger partial charge in [-0.25, -0.2) is 4.79 Å². The van der Waals surface area contributed by atoms with E-state index >= 15 is 0 Å². The molecule has 5 nitrogen and oxygen atoms in total. The lowest BCUT2D eigenvalue weighted by molar-refractivity contribution is 0.0460. The maximum atomic E-state index is 12.0. The Bertz CT molecular complexity index is 677. The number of piperazine rings is 1. The van der Waals surface area contributed by atoms with Crippen LogP contribution in [0.1, 0.15) is 10.4 Å². The number of nitrogens with two attached hydrogens (primary N) is 1. The number of benzene rings is 2. The third kappa shape index (κ3) is 5.80. The molecular weight excluding hydrogens is 373 g/mol. The standard InChI is InChI=1S/C19H23N3O2.2ClH/c20-18-9-5-4-8-17(18)19(23)24-15-14-21-10-12-22(13-11-21)16-6-2-1-3-7-16;;/h1-9H,10-15,20H2;2*1H. The lowest BCUT2D eigenvalue weighted by Gasteiger charge is -2.35. The average molecular weight is 398 g/mol. The highest BCUT2D eigenvalue weighted by atomic mass is 35.5. The van der Waals surface area contributed by atoms with Gasteiger partial charge in [-0.1, -0.05) is 30.3 Å². The van der Waals surface area contributed by atoms with Crippen molar-refractivity contribution in [3.05, 3.63) is 60.2 Å². The van der Waals surface area contributed by atoms with E-state index in [1.165, 1.54) is 5.69 Å². The van der Waals surface area contributed by atoms with Gasteiger partial charge < -0.3 is 15.4 Å². The molecule has 1 fully saturated rings. The van der Waals surface area contributed by atoms with Gasteiger partial charge in [-0.2, -0.15) is 0 Å². The number of nitrogens with zero attached hydrogens (tertiary/aromatic N) is 2. The quantitative estimate of drug-likeness (QED) is 0.620. The third-order valence-corrected chi connectivity index (χ3v) is 4.32. The van der Waals surface area contributed by atoms with Crippen molar-refractivity contribution in [1.29, 1.82) is 0 Å². The van der Waals surface area contributed by atoms with Crippen LogP contribution in [0.4, 0.5) is 11.4 Å². The first-order chi connectivity index (χ1) is 11.7. The lowest BCUT2D eigenvalue weighted by Crippen LogP contribution is -2.47. The number of carbonyl (C=O) groups excluding carboxylic acids is 1. The van der Waals surface area contributed by atoms with E-state index in [0.717, 1.165) is 32.7 Å². The predicted octanol–water partition coefficient (Wildman–Crippen LogP) is 3.09. The smallest absolute Gasteiger partial charge is 0.340 e. The van der Waals surface area contributed by atoms with Crippen LogP contribution < -0.4 is 10.6 Å². The Labute approximate surface area is 166 Å². The Kier molecular flexibility index (Phi) is 9.27. The molecule has 0 atom stereocenters. The second kappa shape index (κ2) is 10.9. The van der Waals surface area contributed by atoms with Gasteiger partial charge in [0.05, 0.1) is 5.56 Å². The summed E-state index contributed by atoms with van der Waals surface area (Å²) < 4.78 is 5.35. The van der Waals surface area contributed by atoms with Crippen molar-refractivity contribution in [1.82, 2.24) is 4.90 Å². The maximum absolute atomic E-state index is 12.0. The molecule has 0 aliphatic carbocycles. The summed E-state index contributed by atoms with van der Waals surface area (Å²) in [5.41, 5.74) is 7.95. The van der Waals surface area contributed by atoms with Gasteiger partial charge in [0, 0.05) is 44.1 Å². The molecule has 0 radical (unpaired) electrons. The molecule has 2 aromatic carbocycles. The van der Waals surface area contributed by atoms with E-state index in [0.29, 0.717) is 17.9 Å². The lowest BCUT2D eigenvalue weighted by atomic mass is 10.2. The first-order valence-electron chi connectivity index (χ1n) is 8.28. The fourth-order valence-corrected chi connectivity index (χ4v) is 2.90. The number of para-hydroxylation sites is 2. The largest absolute Gasteiger partial charge is 0.461 e. The number of halogens is 2. The minimum Gasteiger partial charge on any atom is -0.461 e. The molecule has 1 aliphatic heterocycles. The van der Waals surface area contributed by atoms with E-state index in [9.17, 15) is 4.79 Å². The molecule has 26 heavy (non-hydrogen) atoms. The Hall–Kier alpha value is -1.95. The van der Waals surface area contributed by atoms with E-state index in [-0.39, 0.29) is 30.8 Å². The number of hydrogen-bond donors (Lipinski definition) is 1. The molecule has 0 amide bonds. The minimum absolute atomic E-state index is 0. The van der Waals surface area contributed by atoms with Crippen LogP contribution in [-0.4, -0.2) is 50.2 Å².